The zero-order valence-electron chi connectivity index (χ0n) is 13.7. The molecular weight excluding hydrogens is 246 g/mol. The van der Waals surface area contributed by atoms with E-state index in [9.17, 15) is 4.79 Å². The molecule has 2 aliphatic rings. The Balaban J connectivity index is 1.87. The molecule has 2 heteroatoms. The van der Waals surface area contributed by atoms with Gasteiger partial charge in [0, 0.05) is 19.5 Å². The highest BCUT2D eigenvalue weighted by molar-refractivity contribution is 5.73. The van der Waals surface area contributed by atoms with Gasteiger partial charge in [-0.2, -0.15) is 0 Å². The van der Waals surface area contributed by atoms with E-state index in [2.05, 4.69) is 18.7 Å². The Hall–Kier alpha value is -0.530. The van der Waals surface area contributed by atoms with Gasteiger partial charge >= 0.3 is 0 Å². The van der Waals surface area contributed by atoms with E-state index >= 15 is 0 Å². The molecule has 2 fully saturated rings. The van der Waals surface area contributed by atoms with Crippen LogP contribution in [0, 0.1) is 17.8 Å². The van der Waals surface area contributed by atoms with Crippen LogP contribution in [0.15, 0.2) is 0 Å². The number of carbonyl (C=O) groups excluding carboxylic acids is 1. The molecule has 2 saturated carbocycles. The van der Waals surface area contributed by atoms with Crippen LogP contribution in [0.1, 0.15) is 78.6 Å². The zero-order valence-corrected chi connectivity index (χ0v) is 13.7. The Morgan fingerprint density at radius 3 is 2.10 bits per heavy atom. The van der Waals surface area contributed by atoms with Crippen LogP contribution in [-0.2, 0) is 4.79 Å². The molecule has 0 spiro atoms. The van der Waals surface area contributed by atoms with Gasteiger partial charge < -0.3 is 4.90 Å². The van der Waals surface area contributed by atoms with Crippen LogP contribution < -0.4 is 0 Å². The first kappa shape index (κ1) is 15.9. The smallest absolute Gasteiger partial charge is 0.219 e. The van der Waals surface area contributed by atoms with E-state index in [1.165, 1.54) is 57.8 Å². The lowest BCUT2D eigenvalue weighted by atomic mass is 9.79. The Bertz CT molecular complexity index is 299. The number of nitrogens with zero attached hydrogens (tertiary/aromatic N) is 1. The Kier molecular flexibility index (Phi) is 5.92. The minimum atomic E-state index is 0.309. The average molecular weight is 279 g/mol. The third kappa shape index (κ3) is 4.23. The minimum absolute atomic E-state index is 0.309. The summed E-state index contributed by atoms with van der Waals surface area (Å²) in [6.45, 7) is 7.50. The maximum absolute atomic E-state index is 12.1. The van der Waals surface area contributed by atoms with E-state index in [1.54, 1.807) is 6.92 Å². The molecule has 116 valence electrons. The Morgan fingerprint density at radius 1 is 1.00 bits per heavy atom. The van der Waals surface area contributed by atoms with Gasteiger partial charge in [0.2, 0.25) is 5.91 Å². The predicted molar refractivity (Wildman–Crippen MR) is 84.5 cm³/mol. The molecular formula is C18H33NO. The van der Waals surface area contributed by atoms with E-state index in [4.69, 9.17) is 0 Å². The van der Waals surface area contributed by atoms with Crippen LogP contribution in [-0.4, -0.2) is 23.4 Å². The molecule has 0 aromatic rings. The predicted octanol–water partition coefficient (Wildman–Crippen LogP) is 4.63. The fourth-order valence-corrected chi connectivity index (χ4v) is 4.26. The van der Waals surface area contributed by atoms with Crippen LogP contribution in [0.5, 0.6) is 0 Å². The Labute approximate surface area is 125 Å². The molecule has 0 aromatic carbocycles. The van der Waals surface area contributed by atoms with Gasteiger partial charge in [-0.05, 0) is 56.3 Å². The number of rotatable bonds is 4. The van der Waals surface area contributed by atoms with Gasteiger partial charge in [-0.15, -0.1) is 0 Å². The minimum Gasteiger partial charge on any atom is -0.340 e. The first-order valence-corrected chi connectivity index (χ1v) is 8.85. The summed E-state index contributed by atoms with van der Waals surface area (Å²) >= 11 is 0. The SMILES string of the molecule is CC(=O)N(CC1CCCCC1)C1CCC(C(C)C)CC1. The van der Waals surface area contributed by atoms with E-state index in [0.29, 0.717) is 11.9 Å². The van der Waals surface area contributed by atoms with Gasteiger partial charge in [-0.25, -0.2) is 0 Å². The third-order valence-corrected chi connectivity index (χ3v) is 5.71. The molecule has 2 nitrogen and oxygen atoms in total. The van der Waals surface area contributed by atoms with E-state index in [-0.39, 0.29) is 0 Å². The van der Waals surface area contributed by atoms with Crippen LogP contribution in [0.4, 0.5) is 0 Å². The summed E-state index contributed by atoms with van der Waals surface area (Å²) in [7, 11) is 0. The van der Waals surface area contributed by atoms with Gasteiger partial charge in [0.15, 0.2) is 0 Å². The van der Waals surface area contributed by atoms with Crippen molar-refractivity contribution >= 4 is 5.91 Å². The summed E-state index contributed by atoms with van der Waals surface area (Å²) in [5, 5.41) is 0. The first-order valence-electron chi connectivity index (χ1n) is 8.85. The quantitative estimate of drug-likeness (QED) is 0.734. The van der Waals surface area contributed by atoms with Crippen molar-refractivity contribution in [2.45, 2.75) is 84.6 Å². The molecule has 0 atom stereocenters. The molecule has 0 aliphatic heterocycles. The van der Waals surface area contributed by atoms with Crippen molar-refractivity contribution in [1.29, 1.82) is 0 Å². The fraction of sp³-hybridized carbons (Fsp3) is 0.944. The van der Waals surface area contributed by atoms with Crippen molar-refractivity contribution in [3.8, 4) is 0 Å². The monoisotopic (exact) mass is 279 g/mol. The third-order valence-electron chi connectivity index (χ3n) is 5.71. The van der Waals surface area contributed by atoms with Crippen LogP contribution >= 0.6 is 0 Å². The highest BCUT2D eigenvalue weighted by Crippen LogP contribution is 2.33. The van der Waals surface area contributed by atoms with Crippen LogP contribution in [0.25, 0.3) is 0 Å². The second-order valence-electron chi connectivity index (χ2n) is 7.49. The standard InChI is InChI=1S/C18H33NO/c1-14(2)17-9-11-18(12-10-17)19(15(3)20)13-16-7-5-4-6-8-16/h14,16-18H,4-13H2,1-3H3. The largest absolute Gasteiger partial charge is 0.340 e. The molecule has 0 heterocycles. The van der Waals surface area contributed by atoms with Crippen LogP contribution in [0.2, 0.25) is 0 Å². The van der Waals surface area contributed by atoms with Gasteiger partial charge in [0.05, 0.1) is 0 Å². The molecule has 2 rings (SSSR count). The lowest BCUT2D eigenvalue weighted by Crippen LogP contribution is -2.44. The number of amides is 1. The van der Waals surface area contributed by atoms with Gasteiger partial charge in [-0.3, -0.25) is 4.79 Å². The lowest BCUT2D eigenvalue weighted by Gasteiger charge is -2.39. The van der Waals surface area contributed by atoms with Crippen molar-refractivity contribution < 1.29 is 4.79 Å². The molecule has 0 bridgehead atoms. The van der Waals surface area contributed by atoms with Gasteiger partial charge in [0.1, 0.15) is 0 Å². The van der Waals surface area contributed by atoms with Crippen molar-refractivity contribution in [3.05, 3.63) is 0 Å². The summed E-state index contributed by atoms with van der Waals surface area (Å²) in [6.07, 6.45) is 11.9. The van der Waals surface area contributed by atoms with Crippen molar-refractivity contribution in [2.24, 2.45) is 17.8 Å². The average Bonchev–Trinajstić information content (AvgIpc) is 2.45. The van der Waals surface area contributed by atoms with Gasteiger partial charge in [-0.1, -0.05) is 33.1 Å². The summed E-state index contributed by atoms with van der Waals surface area (Å²) in [4.78, 5) is 14.3. The van der Waals surface area contributed by atoms with Crippen molar-refractivity contribution in [2.75, 3.05) is 6.54 Å². The highest BCUT2D eigenvalue weighted by atomic mass is 16.2. The number of hydrogen-bond donors (Lipinski definition) is 0. The molecule has 0 unspecified atom stereocenters. The molecule has 0 aromatic heterocycles. The summed E-state index contributed by atoms with van der Waals surface area (Å²) in [5.74, 6) is 2.77. The number of hydrogen-bond acceptors (Lipinski definition) is 1. The summed E-state index contributed by atoms with van der Waals surface area (Å²) in [5.41, 5.74) is 0. The van der Waals surface area contributed by atoms with Crippen LogP contribution in [0.3, 0.4) is 0 Å². The first-order chi connectivity index (χ1) is 9.58. The molecule has 0 radical (unpaired) electrons. The van der Waals surface area contributed by atoms with E-state index in [1.807, 2.05) is 0 Å². The second kappa shape index (κ2) is 7.47. The molecule has 0 saturated heterocycles. The molecule has 2 aliphatic carbocycles. The Morgan fingerprint density at radius 2 is 1.60 bits per heavy atom. The second-order valence-corrected chi connectivity index (χ2v) is 7.49. The van der Waals surface area contributed by atoms with Gasteiger partial charge in [0.25, 0.3) is 0 Å². The number of carbonyl (C=O) groups is 1. The molecule has 20 heavy (non-hydrogen) atoms. The van der Waals surface area contributed by atoms with E-state index < -0.39 is 0 Å². The highest BCUT2D eigenvalue weighted by Gasteiger charge is 2.30. The zero-order chi connectivity index (χ0) is 14.5. The molecule has 0 N–H and O–H groups in total. The lowest BCUT2D eigenvalue weighted by molar-refractivity contribution is -0.133. The maximum Gasteiger partial charge on any atom is 0.219 e. The molecule has 1 amide bonds. The normalized spacial score (nSPS) is 28.6. The van der Waals surface area contributed by atoms with Crippen molar-refractivity contribution in [1.82, 2.24) is 4.90 Å². The fourth-order valence-electron chi connectivity index (χ4n) is 4.26. The summed E-state index contributed by atoms with van der Waals surface area (Å²) in [6, 6.07) is 0.532. The maximum atomic E-state index is 12.1. The van der Waals surface area contributed by atoms with E-state index in [0.717, 1.165) is 24.3 Å². The summed E-state index contributed by atoms with van der Waals surface area (Å²) < 4.78 is 0. The topological polar surface area (TPSA) is 20.3 Å². The van der Waals surface area contributed by atoms with Crippen molar-refractivity contribution in [3.63, 3.8) is 0 Å².